The summed E-state index contributed by atoms with van der Waals surface area (Å²) in [6, 6.07) is 7.79. The zero-order valence-corrected chi connectivity index (χ0v) is 12.3. The van der Waals surface area contributed by atoms with Crippen LogP contribution in [0.5, 0.6) is 5.75 Å². The summed E-state index contributed by atoms with van der Waals surface area (Å²) in [5.74, 6) is 1.66. The smallest absolute Gasteiger partial charge is 0.246 e. The zero-order chi connectivity index (χ0) is 14.4. The number of benzene rings is 1. The number of nitrogens with zero attached hydrogens (tertiary/aromatic N) is 1. The van der Waals surface area contributed by atoms with Gasteiger partial charge in [-0.25, -0.2) is 0 Å². The molecule has 1 amide bonds. The van der Waals surface area contributed by atoms with Gasteiger partial charge in [0.25, 0.3) is 0 Å². The summed E-state index contributed by atoms with van der Waals surface area (Å²) in [7, 11) is 0. The summed E-state index contributed by atoms with van der Waals surface area (Å²) < 4.78 is 5.55. The average Bonchev–Trinajstić information content (AvgIpc) is 2.47. The number of rotatable bonds is 4. The third-order valence-corrected chi connectivity index (χ3v) is 3.72. The molecule has 0 radical (unpaired) electrons. The molecule has 108 valence electrons. The fourth-order valence-corrected chi connectivity index (χ4v) is 2.40. The molecule has 0 unspecified atom stereocenters. The molecule has 0 saturated carbocycles. The van der Waals surface area contributed by atoms with Crippen LogP contribution < -0.4 is 4.74 Å². The Balaban J connectivity index is 2.00. The van der Waals surface area contributed by atoms with Gasteiger partial charge in [0.1, 0.15) is 5.75 Å². The molecular weight excluding hydrogens is 250 g/mol. The molecule has 0 N–H and O–H groups in total. The minimum absolute atomic E-state index is 0.100. The van der Waals surface area contributed by atoms with Gasteiger partial charge >= 0.3 is 0 Å². The van der Waals surface area contributed by atoms with Crippen LogP contribution in [0.3, 0.4) is 0 Å². The number of ether oxygens (including phenoxy) is 1. The van der Waals surface area contributed by atoms with Crippen LogP contribution in [-0.2, 0) is 4.79 Å². The molecular formula is C17H23NO2. The quantitative estimate of drug-likeness (QED) is 0.787. The van der Waals surface area contributed by atoms with Crippen molar-refractivity contribution in [2.24, 2.45) is 5.92 Å². The minimum atomic E-state index is 0.100. The van der Waals surface area contributed by atoms with Gasteiger partial charge in [0, 0.05) is 24.7 Å². The van der Waals surface area contributed by atoms with Crippen LogP contribution in [0.15, 0.2) is 30.3 Å². The second kappa shape index (κ2) is 7.13. The number of carbonyl (C=O) groups is 1. The van der Waals surface area contributed by atoms with E-state index in [1.807, 2.05) is 42.2 Å². The molecule has 1 aliphatic rings. The van der Waals surface area contributed by atoms with Crippen molar-refractivity contribution in [2.45, 2.75) is 26.7 Å². The molecule has 1 saturated heterocycles. The Morgan fingerprint density at radius 1 is 1.35 bits per heavy atom. The van der Waals surface area contributed by atoms with Gasteiger partial charge in [-0.05, 0) is 37.8 Å². The Bertz CT molecular complexity index is 474. The van der Waals surface area contributed by atoms with Gasteiger partial charge < -0.3 is 9.64 Å². The van der Waals surface area contributed by atoms with E-state index in [9.17, 15) is 4.79 Å². The number of para-hydroxylation sites is 1. The summed E-state index contributed by atoms with van der Waals surface area (Å²) in [5, 5.41) is 0. The van der Waals surface area contributed by atoms with Gasteiger partial charge in [0.05, 0.1) is 6.61 Å². The molecule has 20 heavy (non-hydrogen) atoms. The van der Waals surface area contributed by atoms with E-state index in [-0.39, 0.29) is 5.91 Å². The molecule has 0 spiro atoms. The van der Waals surface area contributed by atoms with E-state index in [4.69, 9.17) is 4.74 Å². The molecule has 3 nitrogen and oxygen atoms in total. The molecule has 0 aliphatic carbocycles. The fourth-order valence-electron chi connectivity index (χ4n) is 2.40. The number of amides is 1. The van der Waals surface area contributed by atoms with Crippen molar-refractivity contribution in [1.82, 2.24) is 4.90 Å². The van der Waals surface area contributed by atoms with E-state index in [0.717, 1.165) is 43.2 Å². The maximum Gasteiger partial charge on any atom is 0.246 e. The Morgan fingerprint density at radius 2 is 2.05 bits per heavy atom. The van der Waals surface area contributed by atoms with Crippen molar-refractivity contribution >= 4 is 12.0 Å². The molecule has 1 aromatic rings. The normalized spacial score (nSPS) is 16.6. The summed E-state index contributed by atoms with van der Waals surface area (Å²) in [6.45, 7) is 6.58. The molecule has 0 aromatic heterocycles. The maximum absolute atomic E-state index is 12.1. The topological polar surface area (TPSA) is 29.5 Å². The number of hydrogen-bond acceptors (Lipinski definition) is 2. The van der Waals surface area contributed by atoms with Gasteiger partial charge in [0.15, 0.2) is 0 Å². The molecule has 1 fully saturated rings. The maximum atomic E-state index is 12.1. The fraction of sp³-hybridized carbons (Fsp3) is 0.471. The lowest BCUT2D eigenvalue weighted by Crippen LogP contribution is -2.36. The highest BCUT2D eigenvalue weighted by Gasteiger charge is 2.18. The van der Waals surface area contributed by atoms with E-state index >= 15 is 0 Å². The first-order valence-electron chi connectivity index (χ1n) is 7.39. The molecule has 1 heterocycles. The third-order valence-electron chi connectivity index (χ3n) is 3.72. The van der Waals surface area contributed by atoms with Gasteiger partial charge in [0.2, 0.25) is 5.91 Å². The number of hydrogen-bond donors (Lipinski definition) is 0. The molecule has 3 heteroatoms. The number of likely N-dealkylation sites (tertiary alicyclic amines) is 1. The molecule has 0 atom stereocenters. The monoisotopic (exact) mass is 273 g/mol. The number of carbonyl (C=O) groups excluding carboxylic acids is 1. The van der Waals surface area contributed by atoms with Crippen LogP contribution in [-0.4, -0.2) is 30.5 Å². The number of piperidine rings is 1. The van der Waals surface area contributed by atoms with Crippen LogP contribution in [0.4, 0.5) is 0 Å². The van der Waals surface area contributed by atoms with Crippen LogP contribution in [0.1, 0.15) is 32.3 Å². The second-order valence-electron chi connectivity index (χ2n) is 5.31. The predicted molar refractivity (Wildman–Crippen MR) is 81.6 cm³/mol. The van der Waals surface area contributed by atoms with Gasteiger partial charge in [-0.15, -0.1) is 0 Å². The summed E-state index contributed by atoms with van der Waals surface area (Å²) in [6.07, 6.45) is 5.73. The highest BCUT2D eigenvalue weighted by molar-refractivity contribution is 5.92. The lowest BCUT2D eigenvalue weighted by atomic mass is 9.99. The first-order chi connectivity index (χ1) is 9.70. The van der Waals surface area contributed by atoms with Crippen LogP contribution in [0, 0.1) is 5.92 Å². The van der Waals surface area contributed by atoms with Gasteiger partial charge in [-0.3, -0.25) is 4.79 Å². The lowest BCUT2D eigenvalue weighted by molar-refractivity contribution is -0.127. The van der Waals surface area contributed by atoms with E-state index in [1.54, 1.807) is 6.08 Å². The largest absolute Gasteiger partial charge is 0.493 e. The summed E-state index contributed by atoms with van der Waals surface area (Å²) >= 11 is 0. The van der Waals surface area contributed by atoms with E-state index < -0.39 is 0 Å². The van der Waals surface area contributed by atoms with E-state index in [2.05, 4.69) is 6.92 Å². The van der Waals surface area contributed by atoms with Crippen LogP contribution in [0.2, 0.25) is 0 Å². The van der Waals surface area contributed by atoms with Crippen molar-refractivity contribution < 1.29 is 9.53 Å². The van der Waals surface area contributed by atoms with E-state index in [1.165, 1.54) is 0 Å². The SMILES string of the molecule is CCOc1ccccc1C=CC(=O)N1CCC(C)CC1. The Morgan fingerprint density at radius 3 is 2.75 bits per heavy atom. The zero-order valence-electron chi connectivity index (χ0n) is 12.3. The lowest BCUT2D eigenvalue weighted by Gasteiger charge is -2.29. The summed E-state index contributed by atoms with van der Waals surface area (Å²) in [4.78, 5) is 14.1. The van der Waals surface area contributed by atoms with Crippen molar-refractivity contribution in [3.05, 3.63) is 35.9 Å². The van der Waals surface area contributed by atoms with Crippen molar-refractivity contribution in [1.29, 1.82) is 0 Å². The molecule has 0 bridgehead atoms. The first-order valence-corrected chi connectivity index (χ1v) is 7.39. The molecule has 1 aliphatic heterocycles. The van der Waals surface area contributed by atoms with Crippen molar-refractivity contribution in [2.75, 3.05) is 19.7 Å². The summed E-state index contributed by atoms with van der Waals surface area (Å²) in [5.41, 5.74) is 0.952. The highest BCUT2D eigenvalue weighted by Crippen LogP contribution is 2.20. The molecule has 2 rings (SSSR count). The predicted octanol–water partition coefficient (Wildman–Crippen LogP) is 3.36. The van der Waals surface area contributed by atoms with Crippen molar-refractivity contribution in [3.63, 3.8) is 0 Å². The second-order valence-corrected chi connectivity index (χ2v) is 5.31. The minimum Gasteiger partial charge on any atom is -0.493 e. The Labute approximate surface area is 121 Å². The standard InChI is InChI=1S/C17H23NO2/c1-3-20-16-7-5-4-6-15(16)8-9-17(19)18-12-10-14(2)11-13-18/h4-9,14H,3,10-13H2,1-2H3. The third kappa shape index (κ3) is 3.86. The molecule has 1 aromatic carbocycles. The van der Waals surface area contributed by atoms with Crippen molar-refractivity contribution in [3.8, 4) is 5.75 Å². The van der Waals surface area contributed by atoms with Gasteiger partial charge in [-0.2, -0.15) is 0 Å². The van der Waals surface area contributed by atoms with Gasteiger partial charge in [-0.1, -0.05) is 25.1 Å². The van der Waals surface area contributed by atoms with Crippen LogP contribution in [0.25, 0.3) is 6.08 Å². The van der Waals surface area contributed by atoms with E-state index in [0.29, 0.717) is 6.61 Å². The average molecular weight is 273 g/mol. The van der Waals surface area contributed by atoms with Crippen LogP contribution >= 0.6 is 0 Å². The Kier molecular flexibility index (Phi) is 5.22. The highest BCUT2D eigenvalue weighted by atomic mass is 16.5. The Hall–Kier alpha value is -1.77. The first kappa shape index (κ1) is 14.6.